The van der Waals surface area contributed by atoms with Gasteiger partial charge in [-0.1, -0.05) is 31.1 Å². The van der Waals surface area contributed by atoms with Gasteiger partial charge in [0.1, 0.15) is 23.0 Å². The highest BCUT2D eigenvalue weighted by atomic mass is 19.4. The number of likely N-dealkylation sites (tertiary alicyclic amines) is 1. The Morgan fingerprint density at radius 2 is 1.81 bits per heavy atom. The number of ether oxygens (including phenoxy) is 2. The van der Waals surface area contributed by atoms with E-state index in [1.807, 2.05) is 13.8 Å². The Morgan fingerprint density at radius 1 is 1.14 bits per heavy atom. The van der Waals surface area contributed by atoms with Gasteiger partial charge in [-0.05, 0) is 68.2 Å². The summed E-state index contributed by atoms with van der Waals surface area (Å²) in [7, 11) is 0. The predicted molar refractivity (Wildman–Crippen MR) is 130 cm³/mol. The monoisotopic (exact) mass is 518 g/mol. The van der Waals surface area contributed by atoms with Gasteiger partial charge in [-0.2, -0.15) is 0 Å². The van der Waals surface area contributed by atoms with Gasteiger partial charge in [0.05, 0.1) is 12.2 Å². The molecular formula is C27H29F3N2O5. The zero-order valence-corrected chi connectivity index (χ0v) is 20.6. The molecular weight excluding hydrogens is 489 g/mol. The van der Waals surface area contributed by atoms with Crippen molar-refractivity contribution in [3.05, 3.63) is 65.4 Å². The van der Waals surface area contributed by atoms with Crippen LogP contribution in [-0.2, 0) is 6.54 Å². The summed E-state index contributed by atoms with van der Waals surface area (Å²) in [6.45, 7) is 6.51. The summed E-state index contributed by atoms with van der Waals surface area (Å²) in [6, 6.07) is 12.3. The Labute approximate surface area is 212 Å². The Bertz CT molecular complexity index is 1200. The molecule has 4 rings (SSSR count). The van der Waals surface area contributed by atoms with Gasteiger partial charge in [-0.15, -0.1) is 13.2 Å². The van der Waals surface area contributed by atoms with E-state index in [9.17, 15) is 18.0 Å². The van der Waals surface area contributed by atoms with Gasteiger partial charge in [0.2, 0.25) is 0 Å². The number of para-hydroxylation sites is 1. The summed E-state index contributed by atoms with van der Waals surface area (Å²) < 4.78 is 54.7. The van der Waals surface area contributed by atoms with E-state index in [1.54, 1.807) is 24.3 Å². The highest BCUT2D eigenvalue weighted by Gasteiger charge is 2.33. The molecule has 10 heteroatoms. The number of hydrogen-bond acceptors (Lipinski definition) is 6. The number of nitrogens with zero attached hydrogens (tertiary/aromatic N) is 2. The first-order chi connectivity index (χ1) is 17.6. The highest BCUT2D eigenvalue weighted by molar-refractivity contribution is 5.87. The Morgan fingerprint density at radius 3 is 2.43 bits per heavy atom. The van der Waals surface area contributed by atoms with Gasteiger partial charge >= 0.3 is 12.3 Å². The van der Waals surface area contributed by atoms with E-state index in [2.05, 4.69) is 14.8 Å². The van der Waals surface area contributed by atoms with Crippen molar-refractivity contribution < 1.29 is 37.1 Å². The summed E-state index contributed by atoms with van der Waals surface area (Å²) in [4.78, 5) is 13.2. The molecule has 1 N–H and O–H groups in total. The molecule has 0 saturated carbocycles. The average molecular weight is 519 g/mol. The lowest BCUT2D eigenvalue weighted by Gasteiger charge is -2.32. The summed E-state index contributed by atoms with van der Waals surface area (Å²) in [5, 5.41) is 13.2. The van der Waals surface area contributed by atoms with Gasteiger partial charge < -0.3 is 19.1 Å². The van der Waals surface area contributed by atoms with Crippen LogP contribution in [0.4, 0.5) is 13.2 Å². The van der Waals surface area contributed by atoms with Crippen LogP contribution in [0, 0.1) is 5.92 Å². The number of halogens is 3. The van der Waals surface area contributed by atoms with Gasteiger partial charge in [-0.3, -0.25) is 4.90 Å². The van der Waals surface area contributed by atoms with Gasteiger partial charge in [0, 0.05) is 23.6 Å². The normalized spacial score (nSPS) is 15.2. The summed E-state index contributed by atoms with van der Waals surface area (Å²) >= 11 is 0. The third kappa shape index (κ3) is 6.82. The Balaban J connectivity index is 1.42. The Kier molecular flexibility index (Phi) is 8.06. The van der Waals surface area contributed by atoms with Crippen molar-refractivity contribution >= 4 is 5.97 Å². The van der Waals surface area contributed by atoms with Crippen LogP contribution in [0.3, 0.4) is 0 Å². The van der Waals surface area contributed by atoms with E-state index in [-0.39, 0.29) is 22.8 Å². The molecule has 0 bridgehead atoms. The molecule has 37 heavy (non-hydrogen) atoms. The van der Waals surface area contributed by atoms with Crippen molar-refractivity contribution in [3.63, 3.8) is 0 Å². The Hall–Kier alpha value is -3.53. The predicted octanol–water partition coefficient (Wildman–Crippen LogP) is 6.35. The number of carbonyl (C=O) groups is 1. The first-order valence-corrected chi connectivity index (χ1v) is 12.1. The summed E-state index contributed by atoms with van der Waals surface area (Å²) in [6.07, 6.45) is -3.04. The van der Waals surface area contributed by atoms with E-state index < -0.39 is 12.3 Å². The molecule has 0 amide bonds. The van der Waals surface area contributed by atoms with Crippen molar-refractivity contribution in [1.29, 1.82) is 0 Å². The van der Waals surface area contributed by atoms with E-state index >= 15 is 0 Å². The standard InChI is InChI=1S/C27H29F3N2O5/c1-17(2)25-22(24(31-37-25)21-5-3-4-6-23(21)36-27(28,29)30)15-32-13-11-18(12-14-32)16-35-20-9-7-19(8-10-20)26(33)34/h3-10,17-18H,11-16H2,1-2H3,(H,33,34). The number of carboxylic acids is 1. The number of benzene rings is 2. The van der Waals surface area contributed by atoms with Crippen LogP contribution in [0.5, 0.6) is 11.5 Å². The number of aromatic nitrogens is 1. The second kappa shape index (κ2) is 11.2. The second-order valence-electron chi connectivity index (χ2n) is 9.43. The molecule has 0 spiro atoms. The summed E-state index contributed by atoms with van der Waals surface area (Å²) in [5.41, 5.74) is 1.57. The number of piperidine rings is 1. The number of aromatic carboxylic acids is 1. The zero-order chi connectivity index (χ0) is 26.6. The lowest BCUT2D eigenvalue weighted by atomic mass is 9.95. The fourth-order valence-corrected chi connectivity index (χ4v) is 4.46. The van der Waals surface area contributed by atoms with Gasteiger partial charge in [-0.25, -0.2) is 4.79 Å². The molecule has 7 nitrogen and oxygen atoms in total. The lowest BCUT2D eigenvalue weighted by Crippen LogP contribution is -2.35. The van der Waals surface area contributed by atoms with E-state index in [0.29, 0.717) is 36.3 Å². The van der Waals surface area contributed by atoms with Crippen LogP contribution >= 0.6 is 0 Å². The smallest absolute Gasteiger partial charge is 0.493 e. The second-order valence-corrected chi connectivity index (χ2v) is 9.43. The van der Waals surface area contributed by atoms with Crippen LogP contribution < -0.4 is 9.47 Å². The summed E-state index contributed by atoms with van der Waals surface area (Å²) in [5.74, 6) is 0.321. The van der Waals surface area contributed by atoms with Crippen molar-refractivity contribution in [2.24, 2.45) is 5.92 Å². The van der Waals surface area contributed by atoms with Crippen LogP contribution in [0.25, 0.3) is 11.3 Å². The zero-order valence-electron chi connectivity index (χ0n) is 20.6. The molecule has 1 aliphatic rings. The van der Waals surface area contributed by atoms with Crippen LogP contribution in [-0.4, -0.2) is 47.2 Å². The molecule has 198 valence electrons. The molecule has 2 aromatic carbocycles. The van der Waals surface area contributed by atoms with Gasteiger partial charge in [0.25, 0.3) is 0 Å². The average Bonchev–Trinajstić information content (AvgIpc) is 3.27. The molecule has 0 aliphatic carbocycles. The third-order valence-corrected chi connectivity index (χ3v) is 6.39. The largest absolute Gasteiger partial charge is 0.573 e. The lowest BCUT2D eigenvalue weighted by molar-refractivity contribution is -0.274. The molecule has 3 aromatic rings. The van der Waals surface area contributed by atoms with Crippen molar-refractivity contribution in [1.82, 2.24) is 10.1 Å². The topological polar surface area (TPSA) is 85.0 Å². The maximum absolute atomic E-state index is 13.0. The maximum atomic E-state index is 13.0. The quantitative estimate of drug-likeness (QED) is 0.353. The van der Waals surface area contributed by atoms with Crippen LogP contribution in [0.2, 0.25) is 0 Å². The number of carboxylic acid groups (broad SMARTS) is 1. The van der Waals surface area contributed by atoms with Crippen molar-refractivity contribution in [2.75, 3.05) is 19.7 Å². The minimum atomic E-state index is -4.82. The molecule has 1 aliphatic heterocycles. The first kappa shape index (κ1) is 26.5. The van der Waals surface area contributed by atoms with Crippen molar-refractivity contribution in [2.45, 2.75) is 45.5 Å². The van der Waals surface area contributed by atoms with Crippen molar-refractivity contribution in [3.8, 4) is 22.8 Å². The molecule has 1 fully saturated rings. The first-order valence-electron chi connectivity index (χ1n) is 12.1. The highest BCUT2D eigenvalue weighted by Crippen LogP contribution is 2.38. The molecule has 1 saturated heterocycles. The molecule has 1 aromatic heterocycles. The van der Waals surface area contributed by atoms with E-state index in [1.165, 1.54) is 24.3 Å². The fourth-order valence-electron chi connectivity index (χ4n) is 4.46. The molecule has 0 unspecified atom stereocenters. The van der Waals surface area contributed by atoms with E-state index in [0.717, 1.165) is 31.5 Å². The minimum absolute atomic E-state index is 0.00500. The molecule has 0 atom stereocenters. The number of alkyl halides is 3. The van der Waals surface area contributed by atoms with Gasteiger partial charge in [0.15, 0.2) is 0 Å². The SMILES string of the molecule is CC(C)c1onc(-c2ccccc2OC(F)(F)F)c1CN1CCC(COc2ccc(C(=O)O)cc2)CC1. The number of rotatable bonds is 9. The minimum Gasteiger partial charge on any atom is -0.493 e. The molecule has 0 radical (unpaired) electrons. The van der Waals surface area contributed by atoms with E-state index in [4.69, 9.17) is 14.4 Å². The third-order valence-electron chi connectivity index (χ3n) is 6.39. The molecule has 2 heterocycles. The maximum Gasteiger partial charge on any atom is 0.573 e. The fraction of sp³-hybridized carbons (Fsp3) is 0.407. The van der Waals surface area contributed by atoms with Crippen LogP contribution in [0.15, 0.2) is 53.1 Å². The number of hydrogen-bond donors (Lipinski definition) is 1. The van der Waals surface area contributed by atoms with Crippen LogP contribution in [0.1, 0.15) is 54.3 Å².